The fraction of sp³-hybridized carbons (Fsp3) is 0.455. The van der Waals surface area contributed by atoms with Gasteiger partial charge in [0.15, 0.2) is 5.65 Å². The van der Waals surface area contributed by atoms with E-state index in [-0.39, 0.29) is 17.9 Å². The lowest BCUT2D eigenvalue weighted by Crippen LogP contribution is -2.34. The predicted molar refractivity (Wildman–Crippen MR) is 116 cm³/mol. The maximum Gasteiger partial charge on any atom is 0.273 e. The number of aromatic nitrogens is 4. The number of rotatable bonds is 7. The number of aryl methyl sites for hydroxylation is 3. The van der Waals surface area contributed by atoms with Crippen molar-refractivity contribution in [3.05, 3.63) is 52.1 Å². The van der Waals surface area contributed by atoms with Crippen LogP contribution in [0.25, 0.3) is 16.9 Å². The number of fused-ring (bicyclic) bond motifs is 1. The van der Waals surface area contributed by atoms with Gasteiger partial charge in [-0.3, -0.25) is 14.2 Å². The molecule has 3 heterocycles. The number of likely N-dealkylation sites (tertiary alicyclic amines) is 1. The third kappa shape index (κ3) is 4.14. The Balaban J connectivity index is 1.48. The Morgan fingerprint density at radius 2 is 1.90 bits per heavy atom. The van der Waals surface area contributed by atoms with E-state index in [0.717, 1.165) is 31.0 Å². The van der Waals surface area contributed by atoms with Gasteiger partial charge in [-0.05, 0) is 45.0 Å². The third-order valence-electron chi connectivity index (χ3n) is 5.66. The van der Waals surface area contributed by atoms with Crippen LogP contribution in [0.5, 0.6) is 0 Å². The first-order valence-electron chi connectivity index (χ1n) is 10.5. The van der Waals surface area contributed by atoms with Gasteiger partial charge >= 0.3 is 0 Å². The molecule has 0 aliphatic carbocycles. The first-order valence-corrected chi connectivity index (χ1v) is 10.5. The molecule has 1 aliphatic heterocycles. The number of hydrogen-bond acceptors (Lipinski definition) is 5. The smallest absolute Gasteiger partial charge is 0.273 e. The van der Waals surface area contributed by atoms with Gasteiger partial charge in [0.2, 0.25) is 5.91 Å². The van der Waals surface area contributed by atoms with Gasteiger partial charge in [0, 0.05) is 33.0 Å². The van der Waals surface area contributed by atoms with Gasteiger partial charge in [-0.2, -0.15) is 5.10 Å². The molecule has 1 fully saturated rings. The number of nitrogens with one attached hydrogen (secondary N) is 1. The Bertz CT molecular complexity index is 1100. The Morgan fingerprint density at radius 1 is 1.17 bits per heavy atom. The maximum absolute atomic E-state index is 12.9. The second kappa shape index (κ2) is 8.79. The normalized spacial score (nSPS) is 14.5. The molecular formula is C22H28N6O2. The molecule has 0 saturated carbocycles. The van der Waals surface area contributed by atoms with Crippen molar-refractivity contribution in [2.75, 3.05) is 26.2 Å². The summed E-state index contributed by atoms with van der Waals surface area (Å²) in [7, 11) is 1.73. The molecule has 2 aromatic heterocycles. The van der Waals surface area contributed by atoms with E-state index in [9.17, 15) is 9.59 Å². The molecule has 30 heavy (non-hydrogen) atoms. The van der Waals surface area contributed by atoms with Gasteiger partial charge in [0.25, 0.3) is 5.56 Å². The summed E-state index contributed by atoms with van der Waals surface area (Å²) < 4.78 is 3.32. The molecule has 4 rings (SSSR count). The van der Waals surface area contributed by atoms with Crippen LogP contribution in [0.2, 0.25) is 0 Å². The van der Waals surface area contributed by atoms with Crippen LogP contribution in [0.4, 0.5) is 0 Å². The van der Waals surface area contributed by atoms with Crippen LogP contribution < -0.4 is 10.9 Å². The van der Waals surface area contributed by atoms with E-state index in [1.54, 1.807) is 16.3 Å². The van der Waals surface area contributed by atoms with Gasteiger partial charge in [0.1, 0.15) is 11.2 Å². The Kier molecular flexibility index (Phi) is 5.94. The highest BCUT2D eigenvalue weighted by Gasteiger charge is 2.18. The number of nitrogens with zero attached hydrogens (tertiary/aromatic N) is 5. The van der Waals surface area contributed by atoms with Crippen molar-refractivity contribution in [2.45, 2.75) is 32.6 Å². The SMILES string of the molecule is Cc1nn(-c2ccccc2)c2c1nc(CCC(=O)NCCN1CCCC1)c(=O)n2C. The number of para-hydroxylation sites is 1. The summed E-state index contributed by atoms with van der Waals surface area (Å²) >= 11 is 0. The summed E-state index contributed by atoms with van der Waals surface area (Å²) in [6, 6.07) is 9.68. The zero-order valence-corrected chi connectivity index (χ0v) is 17.6. The van der Waals surface area contributed by atoms with E-state index < -0.39 is 0 Å². The molecule has 0 spiro atoms. The Hall–Kier alpha value is -3.00. The molecule has 1 aromatic carbocycles. The van der Waals surface area contributed by atoms with E-state index in [1.165, 1.54) is 12.8 Å². The average molecular weight is 409 g/mol. The molecule has 0 bridgehead atoms. The number of amides is 1. The molecule has 0 radical (unpaired) electrons. The Morgan fingerprint density at radius 3 is 2.63 bits per heavy atom. The van der Waals surface area contributed by atoms with Crippen molar-refractivity contribution in [3.8, 4) is 5.69 Å². The lowest BCUT2D eigenvalue weighted by atomic mass is 10.2. The molecule has 3 aromatic rings. The van der Waals surface area contributed by atoms with Crippen LogP contribution in [0.3, 0.4) is 0 Å². The van der Waals surface area contributed by atoms with Gasteiger partial charge in [0.05, 0.1) is 11.4 Å². The van der Waals surface area contributed by atoms with Crippen LogP contribution in [0.1, 0.15) is 30.7 Å². The number of benzene rings is 1. The summed E-state index contributed by atoms with van der Waals surface area (Å²) in [5, 5.41) is 7.54. The first-order chi connectivity index (χ1) is 14.5. The van der Waals surface area contributed by atoms with Crippen molar-refractivity contribution in [3.63, 3.8) is 0 Å². The topological polar surface area (TPSA) is 85.1 Å². The lowest BCUT2D eigenvalue weighted by Gasteiger charge is -2.14. The summed E-state index contributed by atoms with van der Waals surface area (Å²) in [5.74, 6) is -0.0464. The minimum absolute atomic E-state index is 0.0464. The van der Waals surface area contributed by atoms with Gasteiger partial charge in [-0.15, -0.1) is 0 Å². The molecule has 1 N–H and O–H groups in total. The second-order valence-electron chi connectivity index (χ2n) is 7.83. The molecule has 0 unspecified atom stereocenters. The highest BCUT2D eigenvalue weighted by molar-refractivity contribution is 5.77. The monoisotopic (exact) mass is 408 g/mol. The van der Waals surface area contributed by atoms with Crippen molar-refractivity contribution in [2.24, 2.45) is 7.05 Å². The van der Waals surface area contributed by atoms with E-state index in [4.69, 9.17) is 0 Å². The molecular weight excluding hydrogens is 380 g/mol. The highest BCUT2D eigenvalue weighted by atomic mass is 16.1. The number of hydrogen-bond donors (Lipinski definition) is 1. The summed E-state index contributed by atoms with van der Waals surface area (Å²) in [6.07, 6.45) is 3.05. The summed E-state index contributed by atoms with van der Waals surface area (Å²) in [4.78, 5) is 32.1. The quantitative estimate of drug-likeness (QED) is 0.642. The molecule has 8 nitrogen and oxygen atoms in total. The molecule has 8 heteroatoms. The van der Waals surface area contributed by atoms with Gasteiger partial charge in [-0.25, -0.2) is 9.67 Å². The van der Waals surface area contributed by atoms with E-state index in [2.05, 4.69) is 20.3 Å². The molecule has 1 aliphatic rings. The standard InChI is InChI=1S/C22H28N6O2/c1-16-20-21(28(25-16)17-8-4-3-5-9-17)26(2)22(30)18(24-20)10-11-19(29)23-12-15-27-13-6-7-14-27/h3-5,8-9H,6-7,10-15H2,1-2H3,(H,23,29). The Labute approximate surface area is 175 Å². The van der Waals surface area contributed by atoms with Crippen LogP contribution in [0, 0.1) is 6.92 Å². The third-order valence-corrected chi connectivity index (χ3v) is 5.66. The second-order valence-corrected chi connectivity index (χ2v) is 7.83. The fourth-order valence-corrected chi connectivity index (χ4v) is 4.00. The lowest BCUT2D eigenvalue weighted by molar-refractivity contribution is -0.121. The minimum Gasteiger partial charge on any atom is -0.355 e. The predicted octanol–water partition coefficient (Wildman–Crippen LogP) is 1.57. The number of carbonyl (C=O) groups excluding carboxylic acids is 1. The van der Waals surface area contributed by atoms with E-state index in [1.807, 2.05) is 37.3 Å². The van der Waals surface area contributed by atoms with E-state index in [0.29, 0.717) is 29.8 Å². The van der Waals surface area contributed by atoms with Crippen molar-refractivity contribution >= 4 is 17.1 Å². The highest BCUT2D eigenvalue weighted by Crippen LogP contribution is 2.19. The number of carbonyl (C=O) groups is 1. The maximum atomic E-state index is 12.9. The fourth-order valence-electron chi connectivity index (χ4n) is 4.00. The van der Waals surface area contributed by atoms with Gasteiger partial charge < -0.3 is 10.2 Å². The van der Waals surface area contributed by atoms with Crippen LogP contribution in [-0.2, 0) is 18.3 Å². The largest absolute Gasteiger partial charge is 0.355 e. The minimum atomic E-state index is -0.190. The molecule has 1 saturated heterocycles. The van der Waals surface area contributed by atoms with Crippen LogP contribution in [0.15, 0.2) is 35.1 Å². The first kappa shape index (κ1) is 20.3. The van der Waals surface area contributed by atoms with Gasteiger partial charge in [-0.1, -0.05) is 18.2 Å². The van der Waals surface area contributed by atoms with Crippen LogP contribution in [-0.4, -0.2) is 56.3 Å². The van der Waals surface area contributed by atoms with E-state index >= 15 is 0 Å². The molecule has 0 atom stereocenters. The van der Waals surface area contributed by atoms with Crippen LogP contribution >= 0.6 is 0 Å². The molecule has 1 amide bonds. The zero-order valence-electron chi connectivity index (χ0n) is 17.6. The van der Waals surface area contributed by atoms with Crippen molar-refractivity contribution in [1.29, 1.82) is 0 Å². The van der Waals surface area contributed by atoms with Crippen molar-refractivity contribution < 1.29 is 4.79 Å². The van der Waals surface area contributed by atoms with Crippen molar-refractivity contribution in [1.82, 2.24) is 29.5 Å². The molecule has 158 valence electrons. The summed E-state index contributed by atoms with van der Waals surface area (Å²) in [6.45, 7) is 5.65. The summed E-state index contributed by atoms with van der Waals surface area (Å²) in [5.41, 5.74) is 3.17. The average Bonchev–Trinajstić information content (AvgIpc) is 3.38. The zero-order chi connectivity index (χ0) is 21.1.